The van der Waals surface area contributed by atoms with Crippen LogP contribution >= 0.6 is 11.1 Å². The van der Waals surface area contributed by atoms with Crippen molar-refractivity contribution in [2.75, 3.05) is 0 Å². The Labute approximate surface area is 213 Å². The normalized spacial score (nSPS) is 11.8. The van der Waals surface area contributed by atoms with Gasteiger partial charge >= 0.3 is 16.6 Å². The van der Waals surface area contributed by atoms with E-state index in [9.17, 15) is 0 Å². The lowest BCUT2D eigenvalue weighted by Crippen LogP contribution is -2.39. The fourth-order valence-corrected chi connectivity index (χ4v) is 8.27. The van der Waals surface area contributed by atoms with Gasteiger partial charge in [0.1, 0.15) is 7.38 Å². The summed E-state index contributed by atoms with van der Waals surface area (Å²) in [6.07, 6.45) is 0. The van der Waals surface area contributed by atoms with E-state index >= 15 is 0 Å². The van der Waals surface area contributed by atoms with Crippen molar-refractivity contribution in [3.8, 4) is 0 Å². The summed E-state index contributed by atoms with van der Waals surface area (Å²) in [5, 5.41) is 0. The van der Waals surface area contributed by atoms with Crippen LogP contribution in [-0.2, 0) is 9.59 Å². The van der Waals surface area contributed by atoms with Crippen LogP contribution in [0.3, 0.4) is 0 Å². The Balaban J connectivity index is -0.0000000470. The van der Waals surface area contributed by atoms with E-state index < -0.39 is 49.0 Å². The van der Waals surface area contributed by atoms with Crippen molar-refractivity contribution in [1.82, 2.24) is 0 Å². The van der Waals surface area contributed by atoms with Crippen molar-refractivity contribution < 1.29 is 36.4 Å². The predicted octanol–water partition coefficient (Wildman–Crippen LogP) is 5.18. The van der Waals surface area contributed by atoms with E-state index in [2.05, 4.69) is 58.9 Å². The zero-order valence-electron chi connectivity index (χ0n) is 24.3. The van der Waals surface area contributed by atoms with Gasteiger partial charge in [0.2, 0.25) is 0 Å². The highest BCUT2D eigenvalue weighted by Crippen LogP contribution is 2.12. The Morgan fingerprint density at radius 2 is 0.613 bits per heavy atom. The molecule has 0 aliphatic carbocycles. The minimum absolute atomic E-state index is 0. The van der Waals surface area contributed by atoms with Crippen molar-refractivity contribution in [3.63, 3.8) is 0 Å². The largest absolute Gasteiger partial charge is 0.542 e. The third-order valence-electron chi connectivity index (χ3n) is 0.612. The summed E-state index contributed by atoms with van der Waals surface area (Å²) in [5.41, 5.74) is 0. The first-order chi connectivity index (χ1) is 11.7. The topological polar surface area (TPSA) is 108 Å². The molecule has 0 spiro atoms. The van der Waals surface area contributed by atoms with Gasteiger partial charge in [-0.2, -0.15) is 11.1 Å². The highest BCUT2D eigenvalue weighted by atomic mass is 35.6. The van der Waals surface area contributed by atoms with E-state index in [0.29, 0.717) is 0 Å². The molecular formula is C18H64Cl2O5Si6+4. The lowest BCUT2D eigenvalue weighted by atomic mass is 11.8. The summed E-state index contributed by atoms with van der Waals surface area (Å²) >= 11 is 5.67. The van der Waals surface area contributed by atoms with Crippen LogP contribution in [0.15, 0.2) is 0 Å². The summed E-state index contributed by atoms with van der Waals surface area (Å²) in [6.45, 7) is 37.3. The molecule has 8 N–H and O–H groups in total. The molecule has 0 aromatic rings. The standard InChI is InChI=1S/C6H18OSi2.C3H9ClSi.3C3H10OSi.ClH2.H2O/c1-8(2,3)7-9(4,5)6;4*1-5(2,3)4;;/h1-6H3;1-3H3;3*4H,1-3H3;2*1H2/q;;;;;+1;/p+3. The molecule has 0 amide bonds. The number of rotatable bonds is 2. The van der Waals surface area contributed by atoms with Crippen LogP contribution in [-0.4, -0.2) is 63.4 Å². The van der Waals surface area contributed by atoms with Crippen LogP contribution in [0.1, 0.15) is 0 Å². The summed E-state index contributed by atoms with van der Waals surface area (Å²) < 4.78 is 5.90. The fraction of sp³-hybridized carbons (Fsp3) is 1.00. The van der Waals surface area contributed by atoms with Crippen LogP contribution in [0.4, 0.5) is 0 Å². The molecule has 0 aromatic carbocycles. The molecule has 0 radical (unpaired) electrons. The lowest BCUT2D eigenvalue weighted by Gasteiger charge is -2.27. The average molecular weight is 600 g/mol. The molecule has 0 saturated heterocycles. The average Bonchev–Trinajstić information content (AvgIpc) is 1.94. The van der Waals surface area contributed by atoms with Crippen LogP contribution in [0.25, 0.3) is 0 Å². The second kappa shape index (κ2) is 19.9. The molecule has 0 unspecified atom stereocenters. The van der Waals surface area contributed by atoms with E-state index in [0.717, 1.165) is 0 Å². The minimum atomic E-state index is -1.61. The van der Waals surface area contributed by atoms with Crippen molar-refractivity contribution in [3.05, 3.63) is 0 Å². The molecule has 0 aliphatic heterocycles. The molecule has 31 heavy (non-hydrogen) atoms. The molecule has 5 nitrogen and oxygen atoms in total. The highest BCUT2D eigenvalue weighted by molar-refractivity contribution is 7.18. The molecule has 0 heterocycles. The van der Waals surface area contributed by atoms with Gasteiger partial charge in [-0.3, -0.25) is 0 Å². The third-order valence-corrected chi connectivity index (χ3v) is 5.51. The molecular weight excluding hydrogens is 536 g/mol. The molecule has 0 bridgehead atoms. The van der Waals surface area contributed by atoms with Crippen LogP contribution in [0.2, 0.25) is 118 Å². The number of hydrogen-bond acceptors (Lipinski definition) is 2. The Hall–Kier alpha value is 1.68. The van der Waals surface area contributed by atoms with E-state index in [1.165, 1.54) is 0 Å². The summed E-state index contributed by atoms with van der Waals surface area (Å²) in [4.78, 5) is 22.8. The molecule has 0 aromatic heterocycles. The first-order valence-corrected chi connectivity index (χ1v) is 32.1. The van der Waals surface area contributed by atoms with Gasteiger partial charge in [0.25, 0.3) is 0 Å². The summed E-state index contributed by atoms with van der Waals surface area (Å²) in [6, 6.07) is 0. The van der Waals surface area contributed by atoms with Gasteiger partial charge < -0.3 is 24.0 Å². The van der Waals surface area contributed by atoms with Crippen molar-refractivity contribution >= 4 is 60.0 Å². The summed E-state index contributed by atoms with van der Waals surface area (Å²) in [5.74, 6) is 0. The Bertz CT molecular complexity index is 294. The van der Waals surface area contributed by atoms with Crippen molar-refractivity contribution in [2.24, 2.45) is 0 Å². The molecule has 0 aliphatic rings. The molecule has 0 atom stereocenters. The predicted molar refractivity (Wildman–Crippen MR) is 164 cm³/mol. The number of hydrogen-bond donors (Lipinski definition) is 1. The Morgan fingerprint density at radius 1 is 0.548 bits per heavy atom. The van der Waals surface area contributed by atoms with Crippen molar-refractivity contribution in [2.45, 2.75) is 118 Å². The van der Waals surface area contributed by atoms with Gasteiger partial charge in [0.15, 0.2) is 25.0 Å². The Morgan fingerprint density at radius 3 is 0.613 bits per heavy atom. The first kappa shape index (κ1) is 49.7. The third kappa shape index (κ3) is 473. The van der Waals surface area contributed by atoms with Crippen LogP contribution < -0.4 is 0 Å². The molecule has 0 fully saturated rings. The van der Waals surface area contributed by atoms with Gasteiger partial charge in [0, 0.05) is 39.3 Å². The van der Waals surface area contributed by atoms with Gasteiger partial charge in [-0.05, 0) is 58.9 Å². The maximum atomic E-state index is 8.66. The van der Waals surface area contributed by atoms with Gasteiger partial charge in [-0.15, -0.1) is 0 Å². The zero-order valence-corrected chi connectivity index (χ0v) is 31.9. The number of halogens is 2. The fourth-order valence-electron chi connectivity index (χ4n) is 0.919. The van der Waals surface area contributed by atoms with Gasteiger partial charge in [-0.1, -0.05) is 19.6 Å². The first-order valence-electron chi connectivity index (χ1n) is 10.3. The second-order valence-corrected chi connectivity index (χ2v) is 43.2. The summed E-state index contributed by atoms with van der Waals surface area (Å²) in [7, 11) is -7.93. The molecule has 200 valence electrons. The van der Waals surface area contributed by atoms with E-state index in [-0.39, 0.29) is 17.9 Å². The maximum absolute atomic E-state index is 8.66. The smallest absolute Gasteiger partial charge is 0.374 e. The second-order valence-electron chi connectivity index (χ2n) is 13.1. The van der Waals surface area contributed by atoms with Crippen LogP contribution in [0.5, 0.6) is 0 Å². The van der Waals surface area contributed by atoms with Gasteiger partial charge in [-0.25, -0.2) is 0 Å². The van der Waals surface area contributed by atoms with Gasteiger partial charge in [0.05, 0.1) is 12.4 Å². The Kier molecular flexibility index (Phi) is 32.0. The molecule has 0 rings (SSSR count). The SMILES string of the molecule is C[Si](C)(C)Cl.C[Si](C)(C)O.C[Si](C)(C)O[Si](C)(C)C.C[Si](C)(C)[OH2+].C[Si](C)(C)[OH2+].[ClH2+].[OH3+]. The van der Waals surface area contributed by atoms with E-state index in [1.54, 1.807) is 0 Å². The zero-order chi connectivity index (χ0) is 25.7. The van der Waals surface area contributed by atoms with Crippen molar-refractivity contribution in [1.29, 1.82) is 0 Å². The van der Waals surface area contributed by atoms with Crippen LogP contribution in [0, 0.1) is 12.4 Å². The quantitative estimate of drug-likeness (QED) is 0.268. The van der Waals surface area contributed by atoms with E-state index in [4.69, 9.17) is 29.6 Å². The molecule has 13 heteroatoms. The molecule has 0 saturated carbocycles. The monoisotopic (exact) mass is 598 g/mol. The van der Waals surface area contributed by atoms with E-state index in [1.807, 2.05) is 58.9 Å². The maximum Gasteiger partial charge on any atom is 0.374 e. The lowest BCUT2D eigenvalue weighted by molar-refractivity contribution is -0.0000150. The minimum Gasteiger partial charge on any atom is -0.542 e. The highest BCUT2D eigenvalue weighted by Gasteiger charge is 2.24.